The molecule has 0 aromatic heterocycles. The van der Waals surface area contributed by atoms with Gasteiger partial charge in [0.1, 0.15) is 5.82 Å². The van der Waals surface area contributed by atoms with Gasteiger partial charge >= 0.3 is 6.03 Å². The van der Waals surface area contributed by atoms with E-state index >= 15 is 0 Å². The summed E-state index contributed by atoms with van der Waals surface area (Å²) >= 11 is 0. The largest absolute Gasteiger partial charge is 0.376 e. The van der Waals surface area contributed by atoms with Crippen molar-refractivity contribution in [2.75, 3.05) is 11.9 Å². The van der Waals surface area contributed by atoms with Crippen LogP contribution in [0.4, 0.5) is 14.9 Å². The third-order valence-corrected chi connectivity index (χ3v) is 4.89. The van der Waals surface area contributed by atoms with Crippen LogP contribution >= 0.6 is 0 Å². The van der Waals surface area contributed by atoms with E-state index in [0.29, 0.717) is 6.61 Å². The molecule has 2 atom stereocenters. The number of nitrogens with one attached hydrogen (secondary N) is 2. The van der Waals surface area contributed by atoms with Crippen molar-refractivity contribution >= 4 is 22.5 Å². The summed E-state index contributed by atoms with van der Waals surface area (Å²) in [6, 6.07) is 19.2. The Hall–Kier alpha value is -2.92. The molecule has 1 aliphatic heterocycles. The van der Waals surface area contributed by atoms with E-state index in [9.17, 15) is 9.18 Å². The average molecular weight is 364 g/mol. The van der Waals surface area contributed by atoms with Gasteiger partial charge in [0.25, 0.3) is 0 Å². The van der Waals surface area contributed by atoms with Gasteiger partial charge in [-0.05, 0) is 42.0 Å². The number of carbonyl (C=O) groups excluding carboxylic acids is 1. The molecular weight excluding hydrogens is 343 g/mol. The van der Waals surface area contributed by atoms with Crippen molar-refractivity contribution in [3.05, 3.63) is 78.1 Å². The van der Waals surface area contributed by atoms with Crippen LogP contribution in [0.3, 0.4) is 0 Å². The highest BCUT2D eigenvalue weighted by Gasteiger charge is 2.29. The van der Waals surface area contributed by atoms with Crippen molar-refractivity contribution in [3.63, 3.8) is 0 Å². The molecule has 1 saturated heterocycles. The molecule has 4 rings (SSSR count). The molecule has 2 amide bonds. The van der Waals surface area contributed by atoms with Crippen LogP contribution in [-0.4, -0.2) is 18.7 Å². The maximum Gasteiger partial charge on any atom is 0.319 e. The normalized spacial score (nSPS) is 17.6. The van der Waals surface area contributed by atoms with E-state index < -0.39 is 0 Å². The Kier molecular flexibility index (Phi) is 5.03. The van der Waals surface area contributed by atoms with Crippen molar-refractivity contribution in [2.24, 2.45) is 0 Å². The number of fused-ring (bicyclic) bond motifs is 1. The second-order valence-electron chi connectivity index (χ2n) is 6.71. The summed E-state index contributed by atoms with van der Waals surface area (Å²) in [5.41, 5.74) is 1.58. The highest BCUT2D eigenvalue weighted by atomic mass is 19.1. The predicted octanol–water partition coefficient (Wildman–Crippen LogP) is 5.02. The maximum atomic E-state index is 13.3. The highest BCUT2D eigenvalue weighted by Crippen LogP contribution is 2.28. The van der Waals surface area contributed by atoms with Crippen LogP contribution in [-0.2, 0) is 4.74 Å². The third kappa shape index (κ3) is 3.93. The van der Waals surface area contributed by atoms with Crippen molar-refractivity contribution in [1.29, 1.82) is 0 Å². The number of amides is 2. The number of carbonyl (C=O) groups is 1. The van der Waals surface area contributed by atoms with Crippen molar-refractivity contribution < 1.29 is 13.9 Å². The fourth-order valence-corrected chi connectivity index (χ4v) is 3.56. The molecule has 27 heavy (non-hydrogen) atoms. The number of ether oxygens (including phenoxy) is 1. The first-order valence-corrected chi connectivity index (χ1v) is 9.13. The Balaban J connectivity index is 1.55. The number of benzene rings is 3. The van der Waals surface area contributed by atoms with E-state index in [0.717, 1.165) is 34.9 Å². The summed E-state index contributed by atoms with van der Waals surface area (Å²) < 4.78 is 19.1. The second-order valence-corrected chi connectivity index (χ2v) is 6.71. The summed E-state index contributed by atoms with van der Waals surface area (Å²) in [6.07, 6.45) is 1.69. The zero-order valence-corrected chi connectivity index (χ0v) is 14.8. The second kappa shape index (κ2) is 7.76. The Labute approximate surface area is 157 Å². The minimum absolute atomic E-state index is 0.117. The molecule has 3 aromatic carbocycles. The fraction of sp³-hybridized carbons (Fsp3) is 0.227. The number of anilines is 1. The molecule has 1 heterocycles. The minimum Gasteiger partial charge on any atom is -0.376 e. The Morgan fingerprint density at radius 1 is 1.04 bits per heavy atom. The van der Waals surface area contributed by atoms with Crippen LogP contribution in [0.15, 0.2) is 66.7 Å². The summed E-state index contributed by atoms with van der Waals surface area (Å²) in [5.74, 6) is -0.301. The van der Waals surface area contributed by atoms with Gasteiger partial charge in [-0.15, -0.1) is 0 Å². The van der Waals surface area contributed by atoms with E-state index in [1.54, 1.807) is 12.1 Å². The lowest BCUT2D eigenvalue weighted by Gasteiger charge is -2.25. The number of hydrogen-bond acceptors (Lipinski definition) is 2. The third-order valence-electron chi connectivity index (χ3n) is 4.89. The first-order valence-electron chi connectivity index (χ1n) is 9.13. The number of hydrogen-bond donors (Lipinski definition) is 2. The summed E-state index contributed by atoms with van der Waals surface area (Å²) in [5, 5.41) is 7.99. The Morgan fingerprint density at radius 2 is 1.81 bits per heavy atom. The van der Waals surface area contributed by atoms with Gasteiger partial charge in [0.2, 0.25) is 0 Å². The zero-order chi connectivity index (χ0) is 18.6. The van der Waals surface area contributed by atoms with Crippen LogP contribution < -0.4 is 10.6 Å². The minimum atomic E-state index is -0.330. The maximum absolute atomic E-state index is 13.3. The van der Waals surface area contributed by atoms with E-state index in [1.807, 2.05) is 42.5 Å². The number of halogens is 1. The van der Waals surface area contributed by atoms with E-state index in [4.69, 9.17) is 4.74 Å². The Morgan fingerprint density at radius 3 is 2.59 bits per heavy atom. The molecule has 1 aliphatic rings. The summed E-state index contributed by atoms with van der Waals surface area (Å²) in [7, 11) is 0. The van der Waals surface area contributed by atoms with Crippen molar-refractivity contribution in [1.82, 2.24) is 5.32 Å². The standard InChI is InChI=1S/C22H21FN2O2/c23-17-12-10-16(11-13-17)21(20-9-4-14-27-20)25-22(26)24-19-8-3-6-15-5-1-2-7-18(15)19/h1-3,5-8,10-13,20-21H,4,9,14H2,(H2,24,25,26). The van der Waals surface area contributed by atoms with Crippen LogP contribution in [0.2, 0.25) is 0 Å². The van der Waals surface area contributed by atoms with Gasteiger partial charge in [-0.3, -0.25) is 0 Å². The van der Waals surface area contributed by atoms with Gasteiger partial charge in [-0.2, -0.15) is 0 Å². The SMILES string of the molecule is O=C(Nc1cccc2ccccc12)NC(c1ccc(F)cc1)C1CCCO1. The van der Waals surface area contributed by atoms with Gasteiger partial charge in [-0.25, -0.2) is 9.18 Å². The topological polar surface area (TPSA) is 50.4 Å². The molecule has 4 nitrogen and oxygen atoms in total. The molecule has 0 radical (unpaired) electrons. The average Bonchev–Trinajstić information content (AvgIpc) is 3.22. The number of rotatable bonds is 4. The molecule has 2 N–H and O–H groups in total. The Bertz CT molecular complexity index is 931. The lowest BCUT2D eigenvalue weighted by atomic mass is 9.99. The molecule has 1 fully saturated rings. The quantitative estimate of drug-likeness (QED) is 0.683. The molecule has 3 aromatic rings. The molecule has 2 unspecified atom stereocenters. The molecule has 0 spiro atoms. The van der Waals surface area contributed by atoms with Gasteiger partial charge < -0.3 is 15.4 Å². The van der Waals surface area contributed by atoms with Gasteiger partial charge in [0.15, 0.2) is 0 Å². The van der Waals surface area contributed by atoms with Gasteiger partial charge in [-0.1, -0.05) is 48.5 Å². The van der Waals surface area contributed by atoms with E-state index in [2.05, 4.69) is 10.6 Å². The van der Waals surface area contributed by atoms with Crippen LogP contribution in [0, 0.1) is 5.82 Å². The van der Waals surface area contributed by atoms with Crippen LogP contribution in [0.25, 0.3) is 10.8 Å². The van der Waals surface area contributed by atoms with E-state index in [-0.39, 0.29) is 24.0 Å². The van der Waals surface area contributed by atoms with Gasteiger partial charge in [0, 0.05) is 12.0 Å². The fourth-order valence-electron chi connectivity index (χ4n) is 3.56. The molecule has 0 aliphatic carbocycles. The molecule has 0 saturated carbocycles. The summed E-state index contributed by atoms with van der Waals surface area (Å²) in [6.45, 7) is 0.676. The van der Waals surface area contributed by atoms with E-state index in [1.165, 1.54) is 12.1 Å². The monoisotopic (exact) mass is 364 g/mol. The predicted molar refractivity (Wildman–Crippen MR) is 104 cm³/mol. The number of urea groups is 1. The van der Waals surface area contributed by atoms with Crippen LogP contribution in [0.5, 0.6) is 0 Å². The van der Waals surface area contributed by atoms with Crippen LogP contribution in [0.1, 0.15) is 24.4 Å². The van der Waals surface area contributed by atoms with Gasteiger partial charge in [0.05, 0.1) is 17.8 Å². The first kappa shape index (κ1) is 17.5. The summed E-state index contributed by atoms with van der Waals surface area (Å²) in [4.78, 5) is 12.7. The first-order chi connectivity index (χ1) is 13.2. The molecule has 138 valence electrons. The molecular formula is C22H21FN2O2. The molecule has 5 heteroatoms. The van der Waals surface area contributed by atoms with Crippen molar-refractivity contribution in [2.45, 2.75) is 25.0 Å². The highest BCUT2D eigenvalue weighted by molar-refractivity contribution is 6.01. The van der Waals surface area contributed by atoms with Crippen molar-refractivity contribution in [3.8, 4) is 0 Å². The lowest BCUT2D eigenvalue weighted by Crippen LogP contribution is -2.38. The zero-order valence-electron chi connectivity index (χ0n) is 14.8. The smallest absolute Gasteiger partial charge is 0.319 e. The lowest BCUT2D eigenvalue weighted by molar-refractivity contribution is 0.0815. The molecule has 0 bridgehead atoms.